The Hall–Kier alpha value is -0.490. The van der Waals surface area contributed by atoms with Gasteiger partial charge < -0.3 is 10.1 Å². The molecule has 4 nitrogen and oxygen atoms in total. The maximum atomic E-state index is 5.21. The van der Waals surface area contributed by atoms with E-state index in [2.05, 4.69) is 37.2 Å². The first kappa shape index (κ1) is 14.9. The summed E-state index contributed by atoms with van der Waals surface area (Å²) >= 11 is 3.47. The van der Waals surface area contributed by atoms with Crippen LogP contribution in [0.4, 0.5) is 0 Å². The minimum atomic E-state index is 0.622. The smallest absolute Gasteiger partial charge is 0.0589 e. The molecule has 1 aromatic rings. The quantitative estimate of drug-likeness (QED) is 0.831. The highest BCUT2D eigenvalue weighted by Gasteiger charge is 2.18. The molecule has 0 spiro atoms. The molecule has 1 fully saturated rings. The van der Waals surface area contributed by atoms with Gasteiger partial charge in [-0.1, -0.05) is 0 Å². The zero-order valence-corrected chi connectivity index (χ0v) is 13.0. The lowest BCUT2D eigenvalue weighted by Gasteiger charge is -2.25. The summed E-state index contributed by atoms with van der Waals surface area (Å²) in [6.45, 7) is 4.89. The van der Waals surface area contributed by atoms with Gasteiger partial charge in [0.25, 0.3) is 0 Å². The summed E-state index contributed by atoms with van der Waals surface area (Å²) < 4.78 is 6.25. The van der Waals surface area contributed by atoms with Crippen molar-refractivity contribution in [1.29, 1.82) is 0 Å². The van der Waals surface area contributed by atoms with Gasteiger partial charge in [0.15, 0.2) is 0 Å². The fourth-order valence-corrected chi connectivity index (χ4v) is 2.89. The van der Waals surface area contributed by atoms with Crippen LogP contribution in [0.1, 0.15) is 18.4 Å². The van der Waals surface area contributed by atoms with Crippen LogP contribution in [-0.2, 0) is 11.3 Å². The zero-order valence-electron chi connectivity index (χ0n) is 11.4. The Kier molecular flexibility index (Phi) is 6.23. The molecule has 2 heterocycles. The van der Waals surface area contributed by atoms with Gasteiger partial charge in [-0.05, 0) is 46.9 Å². The third kappa shape index (κ3) is 5.18. The monoisotopic (exact) mass is 327 g/mol. The van der Waals surface area contributed by atoms with Crippen LogP contribution in [0.25, 0.3) is 0 Å². The van der Waals surface area contributed by atoms with E-state index in [9.17, 15) is 0 Å². The molecule has 1 saturated heterocycles. The predicted molar refractivity (Wildman–Crippen MR) is 80.1 cm³/mol. The van der Waals surface area contributed by atoms with Gasteiger partial charge >= 0.3 is 0 Å². The molecule has 2 rings (SSSR count). The molecule has 1 unspecified atom stereocenters. The third-order valence-corrected chi connectivity index (χ3v) is 3.85. The Balaban J connectivity index is 1.92. The van der Waals surface area contributed by atoms with Crippen LogP contribution in [0, 0.1) is 0 Å². The van der Waals surface area contributed by atoms with Crippen LogP contribution >= 0.6 is 15.9 Å². The summed E-state index contributed by atoms with van der Waals surface area (Å²) in [5, 5.41) is 3.55. The van der Waals surface area contributed by atoms with E-state index in [4.69, 9.17) is 4.74 Å². The lowest BCUT2D eigenvalue weighted by Crippen LogP contribution is -2.38. The molecule has 0 aliphatic carbocycles. The van der Waals surface area contributed by atoms with Crippen molar-refractivity contribution in [2.45, 2.75) is 25.4 Å². The molecule has 0 amide bonds. The van der Waals surface area contributed by atoms with Crippen molar-refractivity contribution >= 4 is 15.9 Å². The summed E-state index contributed by atoms with van der Waals surface area (Å²) in [6.07, 6.45) is 6.33. The van der Waals surface area contributed by atoms with Crippen LogP contribution in [0.2, 0.25) is 0 Å². The SMILES string of the molecule is COCCN(Cc1cncc(Br)c1)CC1CCCN1. The van der Waals surface area contributed by atoms with E-state index >= 15 is 0 Å². The number of aromatic nitrogens is 1. The van der Waals surface area contributed by atoms with Crippen molar-refractivity contribution in [1.82, 2.24) is 15.2 Å². The highest BCUT2D eigenvalue weighted by Crippen LogP contribution is 2.13. The van der Waals surface area contributed by atoms with Gasteiger partial charge in [0.05, 0.1) is 6.61 Å². The molecule has 1 aromatic heterocycles. The molecule has 1 aliphatic rings. The van der Waals surface area contributed by atoms with E-state index in [1.807, 2.05) is 12.4 Å². The van der Waals surface area contributed by atoms with E-state index in [1.165, 1.54) is 18.4 Å². The fourth-order valence-electron chi connectivity index (χ4n) is 2.48. The van der Waals surface area contributed by atoms with Crippen molar-refractivity contribution in [3.05, 3.63) is 28.5 Å². The molecular weight excluding hydrogens is 306 g/mol. The molecule has 19 heavy (non-hydrogen) atoms. The molecule has 0 bridgehead atoms. The van der Waals surface area contributed by atoms with Gasteiger partial charge in [-0.15, -0.1) is 0 Å². The minimum absolute atomic E-state index is 0.622. The Bertz CT molecular complexity index is 383. The molecule has 1 aliphatic heterocycles. The average molecular weight is 328 g/mol. The number of nitrogens with one attached hydrogen (secondary N) is 1. The van der Waals surface area contributed by atoms with Crippen LogP contribution in [0.3, 0.4) is 0 Å². The van der Waals surface area contributed by atoms with E-state index in [0.29, 0.717) is 6.04 Å². The number of nitrogens with zero attached hydrogens (tertiary/aromatic N) is 2. The number of ether oxygens (including phenoxy) is 1. The van der Waals surface area contributed by atoms with Crippen molar-refractivity contribution < 1.29 is 4.74 Å². The lowest BCUT2D eigenvalue weighted by atomic mass is 10.2. The summed E-state index contributed by atoms with van der Waals surface area (Å²) in [7, 11) is 1.76. The van der Waals surface area contributed by atoms with Gasteiger partial charge in [0, 0.05) is 49.7 Å². The van der Waals surface area contributed by atoms with Crippen molar-refractivity contribution in [3.8, 4) is 0 Å². The zero-order chi connectivity index (χ0) is 13.5. The second kappa shape index (κ2) is 7.94. The van der Waals surface area contributed by atoms with Gasteiger partial charge in [-0.2, -0.15) is 0 Å². The van der Waals surface area contributed by atoms with Gasteiger partial charge in [0.1, 0.15) is 0 Å². The van der Waals surface area contributed by atoms with Crippen molar-refractivity contribution in [2.75, 3.05) is 33.4 Å². The topological polar surface area (TPSA) is 37.4 Å². The van der Waals surface area contributed by atoms with Crippen LogP contribution < -0.4 is 5.32 Å². The highest BCUT2D eigenvalue weighted by molar-refractivity contribution is 9.10. The molecule has 1 atom stereocenters. The maximum Gasteiger partial charge on any atom is 0.0589 e. The fraction of sp³-hybridized carbons (Fsp3) is 0.643. The Labute approximate surface area is 123 Å². The van der Waals surface area contributed by atoms with E-state index < -0.39 is 0 Å². The molecular formula is C14H22BrN3O. The van der Waals surface area contributed by atoms with Gasteiger partial charge in [-0.3, -0.25) is 9.88 Å². The van der Waals surface area contributed by atoms with E-state index in [-0.39, 0.29) is 0 Å². The van der Waals surface area contributed by atoms with E-state index in [1.54, 1.807) is 7.11 Å². The normalized spacial score (nSPS) is 19.2. The van der Waals surface area contributed by atoms with Gasteiger partial charge in [0.2, 0.25) is 0 Å². The Morgan fingerprint density at radius 2 is 2.42 bits per heavy atom. The minimum Gasteiger partial charge on any atom is -0.383 e. The number of rotatable bonds is 7. The lowest BCUT2D eigenvalue weighted by molar-refractivity contribution is 0.138. The van der Waals surface area contributed by atoms with Gasteiger partial charge in [-0.25, -0.2) is 0 Å². The first-order chi connectivity index (χ1) is 9.28. The molecule has 0 saturated carbocycles. The number of halogens is 1. The average Bonchev–Trinajstić information content (AvgIpc) is 2.89. The van der Waals surface area contributed by atoms with Crippen LogP contribution in [0.15, 0.2) is 22.9 Å². The number of hydrogen-bond acceptors (Lipinski definition) is 4. The second-order valence-electron chi connectivity index (χ2n) is 5.03. The summed E-state index contributed by atoms with van der Waals surface area (Å²) in [5.41, 5.74) is 1.24. The second-order valence-corrected chi connectivity index (χ2v) is 5.95. The summed E-state index contributed by atoms with van der Waals surface area (Å²) in [6, 6.07) is 2.76. The summed E-state index contributed by atoms with van der Waals surface area (Å²) in [4.78, 5) is 6.67. The molecule has 106 valence electrons. The predicted octanol–water partition coefficient (Wildman–Crippen LogP) is 2.04. The van der Waals surface area contributed by atoms with Crippen LogP contribution in [0.5, 0.6) is 0 Å². The Morgan fingerprint density at radius 1 is 1.53 bits per heavy atom. The van der Waals surface area contributed by atoms with E-state index in [0.717, 1.165) is 37.3 Å². The summed E-state index contributed by atoms with van der Waals surface area (Å²) in [5.74, 6) is 0. The van der Waals surface area contributed by atoms with Crippen molar-refractivity contribution in [3.63, 3.8) is 0 Å². The largest absolute Gasteiger partial charge is 0.383 e. The van der Waals surface area contributed by atoms with Crippen molar-refractivity contribution in [2.24, 2.45) is 0 Å². The maximum absolute atomic E-state index is 5.21. The third-order valence-electron chi connectivity index (χ3n) is 3.42. The number of hydrogen-bond donors (Lipinski definition) is 1. The highest BCUT2D eigenvalue weighted by atomic mass is 79.9. The van der Waals surface area contributed by atoms with Crippen LogP contribution in [-0.4, -0.2) is 49.3 Å². The number of pyridine rings is 1. The molecule has 1 N–H and O–H groups in total. The molecule has 0 aromatic carbocycles. The first-order valence-electron chi connectivity index (χ1n) is 6.82. The first-order valence-corrected chi connectivity index (χ1v) is 7.61. The standard InChI is InChI=1S/C14H22BrN3O/c1-19-6-5-18(11-14-3-2-4-17-14)10-12-7-13(15)9-16-8-12/h7-9,14,17H,2-6,10-11H2,1H3. The Morgan fingerprint density at radius 3 is 3.11 bits per heavy atom. The molecule has 0 radical (unpaired) electrons. The molecule has 5 heteroatoms. The number of methoxy groups -OCH3 is 1.